The normalized spacial score (nSPS) is 24.9. The summed E-state index contributed by atoms with van der Waals surface area (Å²) in [6, 6.07) is 17.2. The highest BCUT2D eigenvalue weighted by atomic mass is 16.4. The Hall–Kier alpha value is -2.13. The van der Waals surface area contributed by atoms with E-state index in [9.17, 15) is 15.0 Å². The minimum atomic E-state index is -0.854. The fourth-order valence-corrected chi connectivity index (χ4v) is 3.13. The van der Waals surface area contributed by atoms with Crippen molar-refractivity contribution in [1.29, 1.82) is 0 Å². The van der Waals surface area contributed by atoms with E-state index in [1.165, 1.54) is 0 Å². The van der Waals surface area contributed by atoms with Crippen LogP contribution < -0.4 is 0 Å². The van der Waals surface area contributed by atoms with Gasteiger partial charge in [0.2, 0.25) is 0 Å². The van der Waals surface area contributed by atoms with Crippen molar-refractivity contribution >= 4 is 5.97 Å². The molecule has 1 aliphatic carbocycles. The van der Waals surface area contributed by atoms with Crippen LogP contribution in [0.15, 0.2) is 54.6 Å². The monoisotopic (exact) mass is 268 g/mol. The van der Waals surface area contributed by atoms with Gasteiger partial charge in [0.15, 0.2) is 0 Å². The van der Waals surface area contributed by atoms with Crippen LogP contribution in [0, 0.1) is 5.92 Å². The highest BCUT2D eigenvalue weighted by molar-refractivity contribution is 5.73. The van der Waals surface area contributed by atoms with Crippen molar-refractivity contribution in [1.82, 2.24) is 0 Å². The number of carboxylic acid groups (broad SMARTS) is 1. The van der Waals surface area contributed by atoms with Gasteiger partial charge in [-0.2, -0.15) is 0 Å². The van der Waals surface area contributed by atoms with Crippen LogP contribution in [-0.4, -0.2) is 16.2 Å². The van der Waals surface area contributed by atoms with Crippen molar-refractivity contribution in [2.24, 2.45) is 5.92 Å². The van der Waals surface area contributed by atoms with Gasteiger partial charge in [-0.15, -0.1) is 0 Å². The predicted octanol–water partition coefficient (Wildman–Crippen LogP) is 2.96. The second-order valence-electron chi connectivity index (χ2n) is 5.21. The first-order chi connectivity index (χ1) is 9.68. The highest BCUT2D eigenvalue weighted by Crippen LogP contribution is 2.44. The van der Waals surface area contributed by atoms with Crippen LogP contribution in [0.2, 0.25) is 0 Å². The van der Waals surface area contributed by atoms with Crippen LogP contribution in [-0.2, 0) is 4.79 Å². The fraction of sp³-hybridized carbons (Fsp3) is 0.235. The fourth-order valence-electron chi connectivity index (χ4n) is 3.13. The second-order valence-corrected chi connectivity index (χ2v) is 5.21. The average Bonchev–Trinajstić information content (AvgIpc) is 2.48. The molecule has 0 amide bonds. The lowest BCUT2D eigenvalue weighted by Gasteiger charge is -2.34. The van der Waals surface area contributed by atoms with E-state index < -0.39 is 18.0 Å². The molecule has 20 heavy (non-hydrogen) atoms. The summed E-state index contributed by atoms with van der Waals surface area (Å²) < 4.78 is 0. The Bertz CT molecular complexity index is 621. The summed E-state index contributed by atoms with van der Waals surface area (Å²) in [5.41, 5.74) is 2.75. The van der Waals surface area contributed by atoms with E-state index in [2.05, 4.69) is 0 Å². The minimum absolute atomic E-state index is 0.201. The van der Waals surface area contributed by atoms with Gasteiger partial charge in [-0.3, -0.25) is 4.79 Å². The van der Waals surface area contributed by atoms with Gasteiger partial charge >= 0.3 is 5.97 Å². The van der Waals surface area contributed by atoms with Gasteiger partial charge in [-0.1, -0.05) is 54.6 Å². The van der Waals surface area contributed by atoms with E-state index in [0.29, 0.717) is 0 Å². The predicted molar refractivity (Wildman–Crippen MR) is 75.4 cm³/mol. The topological polar surface area (TPSA) is 57.5 Å². The van der Waals surface area contributed by atoms with E-state index in [4.69, 9.17) is 0 Å². The molecule has 0 radical (unpaired) electrons. The zero-order valence-electron chi connectivity index (χ0n) is 10.9. The van der Waals surface area contributed by atoms with Crippen LogP contribution in [0.3, 0.4) is 0 Å². The van der Waals surface area contributed by atoms with Crippen molar-refractivity contribution in [2.75, 3.05) is 0 Å². The molecule has 0 aliphatic heterocycles. The lowest BCUT2D eigenvalue weighted by atomic mass is 9.71. The summed E-state index contributed by atoms with van der Waals surface area (Å²) in [6.07, 6.45) is -0.446. The standard InChI is InChI=1S/C17H16O3/c18-15-10-14(17(19)20)16(11-6-2-1-3-7-11)13-9-5-4-8-12(13)15/h1-9,14-16,18H,10H2,(H,19,20). The number of aliphatic hydroxyl groups excluding tert-OH is 1. The summed E-state index contributed by atoms with van der Waals surface area (Å²) in [5, 5.41) is 19.7. The molecule has 3 atom stereocenters. The molecule has 0 heterocycles. The van der Waals surface area contributed by atoms with Crippen LogP contribution >= 0.6 is 0 Å². The molecule has 0 aromatic heterocycles. The Morgan fingerprint density at radius 3 is 2.20 bits per heavy atom. The number of carbonyl (C=O) groups is 1. The second kappa shape index (κ2) is 5.10. The van der Waals surface area contributed by atoms with Crippen molar-refractivity contribution < 1.29 is 15.0 Å². The third-order valence-electron chi connectivity index (χ3n) is 4.05. The number of rotatable bonds is 2. The molecule has 2 aromatic rings. The molecule has 2 N–H and O–H groups in total. The summed E-state index contributed by atoms with van der Waals surface area (Å²) in [6.45, 7) is 0. The number of benzene rings is 2. The Morgan fingerprint density at radius 2 is 1.55 bits per heavy atom. The SMILES string of the molecule is O=C(O)C1CC(O)c2ccccc2C1c1ccccc1. The molecular formula is C17H16O3. The third kappa shape index (κ3) is 2.10. The van der Waals surface area contributed by atoms with Crippen LogP contribution in [0.4, 0.5) is 0 Å². The Balaban J connectivity index is 2.16. The van der Waals surface area contributed by atoms with E-state index in [1.807, 2.05) is 54.6 Å². The van der Waals surface area contributed by atoms with E-state index >= 15 is 0 Å². The zero-order chi connectivity index (χ0) is 14.1. The van der Waals surface area contributed by atoms with Crippen LogP contribution in [0.5, 0.6) is 0 Å². The first-order valence-corrected chi connectivity index (χ1v) is 6.73. The lowest BCUT2D eigenvalue weighted by Crippen LogP contribution is -2.30. The average molecular weight is 268 g/mol. The summed E-state index contributed by atoms with van der Waals surface area (Å²) in [4.78, 5) is 11.6. The highest BCUT2D eigenvalue weighted by Gasteiger charge is 2.38. The number of hydrogen-bond donors (Lipinski definition) is 2. The largest absolute Gasteiger partial charge is 0.481 e. The van der Waals surface area contributed by atoms with Gasteiger partial charge in [0.1, 0.15) is 0 Å². The molecule has 0 fully saturated rings. The van der Waals surface area contributed by atoms with Gasteiger partial charge in [0, 0.05) is 5.92 Å². The molecule has 3 heteroatoms. The third-order valence-corrected chi connectivity index (χ3v) is 4.05. The van der Waals surface area contributed by atoms with E-state index in [0.717, 1.165) is 16.7 Å². The molecule has 3 unspecified atom stereocenters. The van der Waals surface area contributed by atoms with Crippen molar-refractivity contribution in [2.45, 2.75) is 18.4 Å². The van der Waals surface area contributed by atoms with Crippen molar-refractivity contribution in [3.05, 3.63) is 71.3 Å². The Kier molecular flexibility index (Phi) is 3.28. The maximum absolute atomic E-state index is 11.6. The molecule has 0 bridgehead atoms. The van der Waals surface area contributed by atoms with Gasteiger partial charge < -0.3 is 10.2 Å². The minimum Gasteiger partial charge on any atom is -0.481 e. The van der Waals surface area contributed by atoms with E-state index in [1.54, 1.807) is 0 Å². The van der Waals surface area contributed by atoms with Gasteiger partial charge in [-0.05, 0) is 23.1 Å². The van der Waals surface area contributed by atoms with Crippen LogP contribution in [0.25, 0.3) is 0 Å². The van der Waals surface area contributed by atoms with Gasteiger partial charge in [0.25, 0.3) is 0 Å². The number of hydrogen-bond acceptors (Lipinski definition) is 2. The molecule has 0 saturated heterocycles. The number of aliphatic hydroxyl groups is 1. The maximum atomic E-state index is 11.6. The smallest absolute Gasteiger partial charge is 0.307 e. The number of fused-ring (bicyclic) bond motifs is 1. The Morgan fingerprint density at radius 1 is 0.950 bits per heavy atom. The summed E-state index contributed by atoms with van der Waals surface area (Å²) >= 11 is 0. The first kappa shape index (κ1) is 12.9. The van der Waals surface area contributed by atoms with Crippen LogP contribution in [0.1, 0.15) is 35.1 Å². The molecule has 3 nitrogen and oxygen atoms in total. The molecule has 2 aromatic carbocycles. The summed E-state index contributed by atoms with van der Waals surface area (Å²) in [7, 11) is 0. The number of aliphatic carboxylic acids is 1. The van der Waals surface area contributed by atoms with Crippen molar-refractivity contribution in [3.8, 4) is 0 Å². The van der Waals surface area contributed by atoms with Gasteiger partial charge in [-0.25, -0.2) is 0 Å². The molecule has 0 saturated carbocycles. The van der Waals surface area contributed by atoms with Crippen molar-refractivity contribution in [3.63, 3.8) is 0 Å². The van der Waals surface area contributed by atoms with E-state index in [-0.39, 0.29) is 12.3 Å². The van der Waals surface area contributed by atoms with Gasteiger partial charge in [0.05, 0.1) is 12.0 Å². The molecule has 102 valence electrons. The quantitative estimate of drug-likeness (QED) is 0.880. The Labute approximate surface area is 117 Å². The first-order valence-electron chi connectivity index (χ1n) is 6.73. The molecule has 3 rings (SSSR count). The molecule has 1 aliphatic rings. The molecular weight excluding hydrogens is 252 g/mol. The molecule has 0 spiro atoms. The lowest BCUT2D eigenvalue weighted by molar-refractivity contribution is -0.143. The summed E-state index contributed by atoms with van der Waals surface area (Å²) in [5.74, 6) is -1.65. The number of carboxylic acids is 1. The zero-order valence-corrected chi connectivity index (χ0v) is 10.9. The maximum Gasteiger partial charge on any atom is 0.307 e.